The highest BCUT2D eigenvalue weighted by Gasteiger charge is 2.15. The molecule has 3 aromatic carbocycles. The first kappa shape index (κ1) is 47.5. The molecule has 0 atom stereocenters. The van der Waals surface area contributed by atoms with E-state index in [2.05, 4.69) is 73.2 Å². The molecule has 314 valence electrons. The quantitative estimate of drug-likeness (QED) is 0.0287. The van der Waals surface area contributed by atoms with Gasteiger partial charge in [-0.3, -0.25) is 0 Å². The van der Waals surface area contributed by atoms with Crippen LogP contribution >= 0.6 is 0 Å². The number of carbonyl (C=O) groups is 4. The number of ether oxygens (including phenoxy) is 4. The van der Waals surface area contributed by atoms with E-state index in [9.17, 15) is 29.7 Å². The number of benzene rings is 3. The van der Waals surface area contributed by atoms with E-state index in [-0.39, 0.29) is 37.6 Å². The molecular weight excluding hydrogens is 761 g/mol. The molecule has 12 nitrogen and oxygen atoms in total. The number of hydrogen-bond acceptors (Lipinski definition) is 12. The average Bonchev–Trinajstić information content (AvgIpc) is 3.26. The van der Waals surface area contributed by atoms with Gasteiger partial charge in [0.25, 0.3) is 0 Å². The van der Waals surface area contributed by atoms with Crippen LogP contribution in [-0.4, -0.2) is 76.5 Å². The minimum atomic E-state index is -0.789. The number of esters is 4. The summed E-state index contributed by atoms with van der Waals surface area (Å²) in [6.45, 7) is 17.5. The van der Waals surface area contributed by atoms with Gasteiger partial charge in [-0.05, 0) is 123 Å². The largest absolute Gasteiger partial charge is 0.459 e. The lowest BCUT2D eigenvalue weighted by atomic mass is 9.98. The first-order chi connectivity index (χ1) is 29.0. The Bertz CT molecular complexity index is 1990. The molecule has 60 heavy (non-hydrogen) atoms. The van der Waals surface area contributed by atoms with Crippen molar-refractivity contribution in [3.05, 3.63) is 131 Å². The fourth-order valence-corrected chi connectivity index (χ4v) is 6.35. The SMILES string of the molecule is C=CC(=O)OCCOC(=O)C(C#N)=Cc1ccc(N(CC)CCCc2ccccc2CCCN(CC)c2ccc(C=C(C#N)C(=O)OCCOC(=O)C=C)c(C)c2)cc1C. The summed E-state index contributed by atoms with van der Waals surface area (Å²) in [5, 5.41) is 19.2. The summed E-state index contributed by atoms with van der Waals surface area (Å²) in [5.41, 5.74) is 7.76. The van der Waals surface area contributed by atoms with Crippen LogP contribution in [0.2, 0.25) is 0 Å². The standard InChI is InChI=1S/C48H54N4O8/c1-7-45(53)57-25-27-59-47(55)41(33-49)31-39-19-21-43(29-35(39)5)51(9-3)23-13-17-37-15-11-12-16-38(37)18-14-24-52(10-4)44-22-20-40(36(6)30-44)32-42(34-50)48(56)60-28-26-58-46(54)8-2/h7-8,11-12,15-16,19-22,29-32H,1-2,9-10,13-14,17-18,23-28H2,3-6H3. The molecule has 0 radical (unpaired) electrons. The fourth-order valence-electron chi connectivity index (χ4n) is 6.35. The maximum atomic E-state index is 12.4. The Morgan fingerprint density at radius 1 is 0.617 bits per heavy atom. The van der Waals surface area contributed by atoms with Crippen molar-refractivity contribution >= 4 is 47.4 Å². The molecule has 0 aromatic heterocycles. The Labute approximate surface area is 353 Å². The highest BCUT2D eigenvalue weighted by molar-refractivity contribution is 5.98. The molecular formula is C48H54N4O8. The van der Waals surface area contributed by atoms with Crippen LogP contribution in [0.25, 0.3) is 12.2 Å². The summed E-state index contributed by atoms with van der Waals surface area (Å²) in [7, 11) is 0. The van der Waals surface area contributed by atoms with Crippen molar-refractivity contribution in [1.29, 1.82) is 10.5 Å². The molecule has 0 spiro atoms. The van der Waals surface area contributed by atoms with Gasteiger partial charge in [0.15, 0.2) is 0 Å². The Hall–Kier alpha value is -6.92. The zero-order chi connectivity index (χ0) is 43.9. The van der Waals surface area contributed by atoms with E-state index in [1.54, 1.807) is 0 Å². The second-order valence-corrected chi connectivity index (χ2v) is 13.6. The fraction of sp³-hybridized carbons (Fsp3) is 0.333. The zero-order valence-electron chi connectivity index (χ0n) is 35.0. The highest BCUT2D eigenvalue weighted by Crippen LogP contribution is 2.24. The van der Waals surface area contributed by atoms with Crippen molar-refractivity contribution in [2.24, 2.45) is 0 Å². The maximum Gasteiger partial charge on any atom is 0.349 e. The van der Waals surface area contributed by atoms with Gasteiger partial charge in [0.05, 0.1) is 0 Å². The van der Waals surface area contributed by atoms with Crippen LogP contribution < -0.4 is 9.80 Å². The summed E-state index contributed by atoms with van der Waals surface area (Å²) >= 11 is 0. The molecule has 0 saturated carbocycles. The molecule has 0 amide bonds. The normalized spacial score (nSPS) is 11.0. The van der Waals surface area contributed by atoms with Crippen molar-refractivity contribution in [3.8, 4) is 12.1 Å². The number of hydrogen-bond donors (Lipinski definition) is 0. The minimum Gasteiger partial charge on any atom is -0.459 e. The number of aryl methyl sites for hydroxylation is 4. The first-order valence-electron chi connectivity index (χ1n) is 19.9. The van der Waals surface area contributed by atoms with Gasteiger partial charge in [0.2, 0.25) is 0 Å². The molecule has 0 bridgehead atoms. The van der Waals surface area contributed by atoms with Crippen LogP contribution in [0, 0.1) is 36.5 Å². The first-order valence-corrected chi connectivity index (χ1v) is 19.9. The third-order valence-electron chi connectivity index (χ3n) is 9.60. The summed E-state index contributed by atoms with van der Waals surface area (Å²) in [6, 6.07) is 24.3. The smallest absolute Gasteiger partial charge is 0.349 e. The van der Waals surface area contributed by atoms with Crippen LogP contribution in [0.15, 0.2) is 97.1 Å². The molecule has 0 saturated heterocycles. The topological polar surface area (TPSA) is 159 Å². The van der Waals surface area contributed by atoms with Crippen molar-refractivity contribution in [3.63, 3.8) is 0 Å². The number of nitrogens with zero attached hydrogens (tertiary/aromatic N) is 4. The third-order valence-corrected chi connectivity index (χ3v) is 9.60. The minimum absolute atomic E-state index is 0.130. The number of nitriles is 2. The number of carbonyl (C=O) groups excluding carboxylic acids is 4. The Balaban J connectivity index is 1.56. The van der Waals surface area contributed by atoms with Gasteiger partial charge in [-0.1, -0.05) is 49.6 Å². The van der Waals surface area contributed by atoms with Gasteiger partial charge in [0, 0.05) is 49.7 Å². The van der Waals surface area contributed by atoms with Gasteiger partial charge in [-0.25, -0.2) is 19.2 Å². The van der Waals surface area contributed by atoms with Gasteiger partial charge in [0.1, 0.15) is 49.7 Å². The summed E-state index contributed by atoms with van der Waals surface area (Å²) in [6.07, 6.45) is 8.82. The van der Waals surface area contributed by atoms with Crippen molar-refractivity contribution in [2.45, 2.75) is 53.4 Å². The molecule has 0 aliphatic heterocycles. The van der Waals surface area contributed by atoms with Crippen molar-refractivity contribution in [1.82, 2.24) is 0 Å². The van der Waals surface area contributed by atoms with Crippen molar-refractivity contribution in [2.75, 3.05) is 62.4 Å². The van der Waals surface area contributed by atoms with Gasteiger partial charge in [-0.2, -0.15) is 10.5 Å². The predicted octanol–water partition coefficient (Wildman–Crippen LogP) is 7.58. The Kier molecular flexibility index (Phi) is 20.1. The molecule has 0 aliphatic carbocycles. The summed E-state index contributed by atoms with van der Waals surface area (Å²) in [4.78, 5) is 51.9. The molecule has 12 heteroatoms. The molecule has 3 aromatic rings. The van der Waals surface area contributed by atoms with Gasteiger partial charge in [-0.15, -0.1) is 0 Å². The van der Waals surface area contributed by atoms with Crippen LogP contribution in [0.4, 0.5) is 11.4 Å². The second kappa shape index (κ2) is 25.4. The maximum absolute atomic E-state index is 12.4. The molecule has 0 fully saturated rings. The lowest BCUT2D eigenvalue weighted by molar-refractivity contribution is -0.146. The van der Waals surface area contributed by atoms with Crippen LogP contribution in [0.1, 0.15) is 60.1 Å². The molecule has 0 aliphatic rings. The van der Waals surface area contributed by atoms with E-state index in [0.717, 1.165) is 97.6 Å². The lowest BCUT2D eigenvalue weighted by Crippen LogP contribution is -2.25. The monoisotopic (exact) mass is 814 g/mol. The third kappa shape index (κ3) is 15.1. The summed E-state index contributed by atoms with van der Waals surface area (Å²) in [5.74, 6) is -2.82. The van der Waals surface area contributed by atoms with E-state index in [1.807, 2.05) is 50.3 Å². The van der Waals surface area contributed by atoms with E-state index < -0.39 is 23.9 Å². The molecule has 0 unspecified atom stereocenters. The average molecular weight is 815 g/mol. The van der Waals surface area contributed by atoms with E-state index in [0.29, 0.717) is 0 Å². The number of anilines is 2. The Morgan fingerprint density at radius 3 is 1.33 bits per heavy atom. The van der Waals surface area contributed by atoms with Gasteiger partial charge < -0.3 is 28.7 Å². The molecule has 3 rings (SSSR count). The van der Waals surface area contributed by atoms with Crippen LogP contribution in [0.3, 0.4) is 0 Å². The van der Waals surface area contributed by atoms with Crippen LogP contribution in [0.5, 0.6) is 0 Å². The molecule has 0 heterocycles. The second-order valence-electron chi connectivity index (χ2n) is 13.6. The van der Waals surface area contributed by atoms with Gasteiger partial charge >= 0.3 is 23.9 Å². The van der Waals surface area contributed by atoms with E-state index >= 15 is 0 Å². The van der Waals surface area contributed by atoms with E-state index in [4.69, 9.17) is 18.9 Å². The van der Waals surface area contributed by atoms with Crippen molar-refractivity contribution < 1.29 is 38.1 Å². The summed E-state index contributed by atoms with van der Waals surface area (Å²) < 4.78 is 19.8. The molecule has 0 N–H and O–H groups in total. The lowest BCUT2D eigenvalue weighted by Gasteiger charge is -2.25. The number of rotatable bonds is 24. The zero-order valence-corrected chi connectivity index (χ0v) is 35.0. The Morgan fingerprint density at radius 2 is 1.00 bits per heavy atom. The van der Waals surface area contributed by atoms with E-state index in [1.165, 1.54) is 23.3 Å². The van der Waals surface area contributed by atoms with Crippen LogP contribution in [-0.2, 0) is 51.0 Å². The highest BCUT2D eigenvalue weighted by atomic mass is 16.6. The predicted molar refractivity (Wildman–Crippen MR) is 233 cm³/mol.